The first kappa shape index (κ1) is 22.2. The molecule has 3 atom stereocenters. The zero-order valence-corrected chi connectivity index (χ0v) is 19.7. The molecular formula is C22H26F2N4O4S. The molecule has 2 aromatic rings. The van der Waals surface area contributed by atoms with Gasteiger partial charge in [0.15, 0.2) is 5.82 Å². The van der Waals surface area contributed by atoms with Crippen LogP contribution in [0.25, 0.3) is 10.9 Å². The van der Waals surface area contributed by atoms with Gasteiger partial charge in [0.25, 0.3) is 0 Å². The summed E-state index contributed by atoms with van der Waals surface area (Å²) in [6.07, 6.45) is 2.86. The molecule has 1 amide bonds. The van der Waals surface area contributed by atoms with E-state index in [9.17, 15) is 22.0 Å². The summed E-state index contributed by atoms with van der Waals surface area (Å²) in [6.45, 7) is 5.81. The SMILES string of the molecule is CC(C)(C)OC(=O)N1[C@@H]2CC[C@H]1[C@H]1CCc3c(F)cc(F)c4nc(S(C)(=O)=O)nc(c34)N1C2. The second kappa shape index (κ2) is 7.22. The number of aromatic nitrogens is 2. The quantitative estimate of drug-likeness (QED) is 0.579. The number of fused-ring (bicyclic) bond motifs is 5. The van der Waals surface area contributed by atoms with Crippen LogP contribution in [0.15, 0.2) is 11.2 Å². The number of ether oxygens (including phenoxy) is 1. The number of aryl methyl sites for hydroxylation is 1. The number of anilines is 1. The molecule has 0 aliphatic carbocycles. The van der Waals surface area contributed by atoms with Crippen molar-refractivity contribution in [3.63, 3.8) is 0 Å². The zero-order chi connectivity index (χ0) is 23.9. The molecule has 1 aromatic heterocycles. The van der Waals surface area contributed by atoms with E-state index in [1.165, 1.54) is 0 Å². The number of nitrogens with zero attached hydrogens (tertiary/aromatic N) is 4. The van der Waals surface area contributed by atoms with E-state index in [0.29, 0.717) is 19.4 Å². The van der Waals surface area contributed by atoms with Crippen LogP contribution in [0.2, 0.25) is 0 Å². The van der Waals surface area contributed by atoms with Gasteiger partial charge in [0, 0.05) is 24.4 Å². The summed E-state index contributed by atoms with van der Waals surface area (Å²) in [7, 11) is -3.84. The monoisotopic (exact) mass is 480 g/mol. The highest BCUT2D eigenvalue weighted by Gasteiger charge is 2.51. The lowest BCUT2D eigenvalue weighted by atomic mass is 9.97. The van der Waals surface area contributed by atoms with Gasteiger partial charge < -0.3 is 9.64 Å². The molecule has 3 aliphatic heterocycles. The van der Waals surface area contributed by atoms with Gasteiger partial charge >= 0.3 is 6.09 Å². The van der Waals surface area contributed by atoms with Crippen LogP contribution in [0, 0.1) is 11.6 Å². The maximum atomic E-state index is 14.8. The predicted octanol–water partition coefficient (Wildman–Crippen LogP) is 3.21. The first-order chi connectivity index (χ1) is 15.3. The number of benzene rings is 1. The molecule has 5 rings (SSSR count). The third-order valence-corrected chi connectivity index (χ3v) is 7.48. The van der Waals surface area contributed by atoms with Crippen molar-refractivity contribution in [1.29, 1.82) is 0 Å². The van der Waals surface area contributed by atoms with Crippen molar-refractivity contribution in [2.45, 2.75) is 75.3 Å². The number of carbonyl (C=O) groups is 1. The molecule has 1 aromatic carbocycles. The predicted molar refractivity (Wildman–Crippen MR) is 117 cm³/mol. The van der Waals surface area contributed by atoms with E-state index >= 15 is 0 Å². The molecule has 0 N–H and O–H groups in total. The fourth-order valence-electron chi connectivity index (χ4n) is 5.41. The Bertz CT molecular complexity index is 1280. The van der Waals surface area contributed by atoms with Gasteiger partial charge in [0.2, 0.25) is 15.0 Å². The second-order valence-corrected chi connectivity index (χ2v) is 12.0. The number of hydrogen-bond donors (Lipinski definition) is 0. The lowest BCUT2D eigenvalue weighted by Gasteiger charge is -2.47. The minimum absolute atomic E-state index is 0.173. The van der Waals surface area contributed by atoms with Crippen molar-refractivity contribution in [3.05, 3.63) is 23.3 Å². The Morgan fingerprint density at radius 1 is 1.12 bits per heavy atom. The van der Waals surface area contributed by atoms with Crippen LogP contribution < -0.4 is 4.90 Å². The van der Waals surface area contributed by atoms with Crippen molar-refractivity contribution in [2.24, 2.45) is 0 Å². The van der Waals surface area contributed by atoms with E-state index in [4.69, 9.17) is 4.74 Å². The first-order valence-corrected chi connectivity index (χ1v) is 12.9. The van der Waals surface area contributed by atoms with E-state index in [1.54, 1.807) is 4.90 Å². The molecule has 2 fully saturated rings. The van der Waals surface area contributed by atoms with E-state index in [0.717, 1.165) is 25.2 Å². The summed E-state index contributed by atoms with van der Waals surface area (Å²) < 4.78 is 59.8. The molecule has 3 aliphatic rings. The highest BCUT2D eigenvalue weighted by molar-refractivity contribution is 7.90. The number of piperazine rings is 1. The number of halogens is 2. The number of amides is 1. The molecule has 0 unspecified atom stereocenters. The van der Waals surface area contributed by atoms with Gasteiger partial charge in [-0.25, -0.2) is 32.0 Å². The Morgan fingerprint density at radius 2 is 1.85 bits per heavy atom. The van der Waals surface area contributed by atoms with Gasteiger partial charge in [-0.2, -0.15) is 0 Å². The Kier molecular flexibility index (Phi) is 4.86. The van der Waals surface area contributed by atoms with Gasteiger partial charge in [-0.3, -0.25) is 4.90 Å². The van der Waals surface area contributed by atoms with Gasteiger partial charge in [0.05, 0.1) is 23.5 Å². The molecule has 33 heavy (non-hydrogen) atoms. The smallest absolute Gasteiger partial charge is 0.410 e. The summed E-state index contributed by atoms with van der Waals surface area (Å²) in [5, 5.41) is -0.281. The van der Waals surface area contributed by atoms with Crippen LogP contribution >= 0.6 is 0 Å². The summed E-state index contributed by atoms with van der Waals surface area (Å²) in [6, 6.07) is 0.140. The van der Waals surface area contributed by atoms with Gasteiger partial charge in [-0.15, -0.1) is 0 Å². The van der Waals surface area contributed by atoms with E-state index in [1.807, 2.05) is 25.7 Å². The van der Waals surface area contributed by atoms with Crippen molar-refractivity contribution in [1.82, 2.24) is 14.9 Å². The first-order valence-electron chi connectivity index (χ1n) is 11.0. The largest absolute Gasteiger partial charge is 0.444 e. The number of carbonyl (C=O) groups excluding carboxylic acids is 1. The fraction of sp³-hybridized carbons (Fsp3) is 0.591. The van der Waals surface area contributed by atoms with Crippen LogP contribution in [0.3, 0.4) is 0 Å². The van der Waals surface area contributed by atoms with Crippen LogP contribution in [-0.2, 0) is 21.0 Å². The molecule has 11 heteroatoms. The Hall–Kier alpha value is -2.56. The zero-order valence-electron chi connectivity index (χ0n) is 18.9. The molecule has 8 nitrogen and oxygen atoms in total. The lowest BCUT2D eigenvalue weighted by Crippen LogP contribution is -2.62. The average molecular weight is 481 g/mol. The third-order valence-electron chi connectivity index (χ3n) is 6.64. The molecule has 178 valence electrons. The summed E-state index contributed by atoms with van der Waals surface area (Å²) >= 11 is 0. The maximum Gasteiger partial charge on any atom is 0.410 e. The molecule has 0 saturated carbocycles. The fourth-order valence-corrected chi connectivity index (χ4v) is 5.92. The van der Waals surface area contributed by atoms with E-state index in [-0.39, 0.29) is 40.4 Å². The van der Waals surface area contributed by atoms with Crippen LogP contribution in [-0.4, -0.2) is 65.9 Å². The van der Waals surface area contributed by atoms with Crippen molar-refractivity contribution in [2.75, 3.05) is 17.7 Å². The minimum Gasteiger partial charge on any atom is -0.444 e. The van der Waals surface area contributed by atoms with Crippen molar-refractivity contribution in [3.8, 4) is 0 Å². The number of hydrogen-bond acceptors (Lipinski definition) is 7. The summed E-state index contributed by atoms with van der Waals surface area (Å²) in [5.41, 5.74) is -0.563. The Morgan fingerprint density at radius 3 is 2.52 bits per heavy atom. The van der Waals surface area contributed by atoms with Gasteiger partial charge in [-0.1, -0.05) is 0 Å². The molecule has 4 heterocycles. The molecule has 2 bridgehead atoms. The molecule has 0 radical (unpaired) electrons. The normalized spacial score (nSPS) is 24.6. The topological polar surface area (TPSA) is 92.7 Å². The highest BCUT2D eigenvalue weighted by atomic mass is 32.2. The van der Waals surface area contributed by atoms with Crippen LogP contribution in [0.4, 0.5) is 19.4 Å². The van der Waals surface area contributed by atoms with Gasteiger partial charge in [-0.05, 0) is 46.5 Å². The van der Waals surface area contributed by atoms with Crippen LogP contribution in [0.1, 0.15) is 45.6 Å². The Balaban J connectivity index is 1.66. The number of rotatable bonds is 1. The Labute approximate surface area is 190 Å². The highest BCUT2D eigenvalue weighted by Crippen LogP contribution is 2.44. The molecule has 0 spiro atoms. The molecular weight excluding hydrogens is 454 g/mol. The van der Waals surface area contributed by atoms with E-state index in [2.05, 4.69) is 9.97 Å². The summed E-state index contributed by atoms with van der Waals surface area (Å²) in [5.74, 6) is -1.41. The van der Waals surface area contributed by atoms with Gasteiger partial charge in [0.1, 0.15) is 22.8 Å². The third kappa shape index (κ3) is 3.60. The standard InChI is InChI=1S/C22H26F2N4O4S/c1-22(2,3)32-21(29)28-11-5-7-16(28)15-8-6-12-13(23)9-14(24)18-17(12)19(27(15)10-11)26-20(25-18)33(4,30)31/h9,11,15-16H,5-8,10H2,1-4H3/t11-,15-,16+/m1/s1. The molecule has 2 saturated heterocycles. The minimum atomic E-state index is -3.84. The number of sulfone groups is 1. The maximum absolute atomic E-state index is 14.8. The second-order valence-electron chi connectivity index (χ2n) is 10.1. The van der Waals surface area contributed by atoms with Crippen molar-refractivity contribution < 1.29 is 26.7 Å². The lowest BCUT2D eigenvalue weighted by molar-refractivity contribution is 0.00721. The van der Waals surface area contributed by atoms with Crippen LogP contribution in [0.5, 0.6) is 0 Å². The summed E-state index contributed by atoms with van der Waals surface area (Å²) in [4.78, 5) is 25.0. The average Bonchev–Trinajstić information content (AvgIpc) is 2.91. The van der Waals surface area contributed by atoms with Crippen molar-refractivity contribution >= 4 is 32.7 Å². The van der Waals surface area contributed by atoms with E-state index < -0.39 is 38.3 Å².